The van der Waals surface area contributed by atoms with Gasteiger partial charge in [0, 0.05) is 12.6 Å². The number of carbonyl (C=O) groups is 2. The molecule has 2 N–H and O–H groups in total. The summed E-state index contributed by atoms with van der Waals surface area (Å²) in [6.07, 6.45) is 2.21. The van der Waals surface area contributed by atoms with Gasteiger partial charge in [-0.1, -0.05) is 12.1 Å². The maximum atomic E-state index is 13.0. The van der Waals surface area contributed by atoms with Crippen LogP contribution in [-0.4, -0.2) is 41.1 Å². The normalized spacial score (nSPS) is 13.8. The molecule has 0 aliphatic heterocycles. The SMILES string of the molecule is O=C(O)CN(C(=O)NCCc1cccc(F)c1)C1CC1. The molecule has 6 heteroatoms. The van der Waals surface area contributed by atoms with Crippen molar-refractivity contribution in [3.05, 3.63) is 35.6 Å². The lowest BCUT2D eigenvalue weighted by Crippen LogP contribution is -2.44. The first-order chi connectivity index (χ1) is 9.56. The van der Waals surface area contributed by atoms with E-state index in [1.807, 2.05) is 0 Å². The van der Waals surface area contributed by atoms with Gasteiger partial charge in [0.05, 0.1) is 0 Å². The van der Waals surface area contributed by atoms with Gasteiger partial charge in [0.15, 0.2) is 0 Å². The van der Waals surface area contributed by atoms with Crippen molar-refractivity contribution in [3.63, 3.8) is 0 Å². The van der Waals surface area contributed by atoms with Crippen molar-refractivity contribution in [3.8, 4) is 0 Å². The number of aliphatic carboxylic acids is 1. The Morgan fingerprint density at radius 2 is 2.15 bits per heavy atom. The summed E-state index contributed by atoms with van der Waals surface area (Å²) in [5.41, 5.74) is 0.793. The number of halogens is 1. The van der Waals surface area contributed by atoms with E-state index in [1.165, 1.54) is 17.0 Å². The molecule has 2 rings (SSSR count). The van der Waals surface area contributed by atoms with Crippen molar-refractivity contribution in [1.82, 2.24) is 10.2 Å². The minimum Gasteiger partial charge on any atom is -0.480 e. The Labute approximate surface area is 116 Å². The van der Waals surface area contributed by atoms with Crippen LogP contribution >= 0.6 is 0 Å². The zero-order valence-electron chi connectivity index (χ0n) is 11.0. The van der Waals surface area contributed by atoms with E-state index >= 15 is 0 Å². The second-order valence-corrected chi connectivity index (χ2v) is 4.86. The van der Waals surface area contributed by atoms with Crippen LogP contribution in [0.25, 0.3) is 0 Å². The molecule has 1 aromatic rings. The van der Waals surface area contributed by atoms with E-state index in [9.17, 15) is 14.0 Å². The molecule has 1 fully saturated rings. The fraction of sp³-hybridized carbons (Fsp3) is 0.429. The molecule has 2 amide bonds. The molecule has 1 aliphatic carbocycles. The summed E-state index contributed by atoms with van der Waals surface area (Å²) in [6.45, 7) is 0.0710. The first kappa shape index (κ1) is 14.3. The molecule has 20 heavy (non-hydrogen) atoms. The molecule has 0 aromatic heterocycles. The number of nitrogens with one attached hydrogen (secondary N) is 1. The molecule has 0 saturated heterocycles. The Hall–Kier alpha value is -2.11. The first-order valence-corrected chi connectivity index (χ1v) is 6.57. The molecule has 5 nitrogen and oxygen atoms in total. The van der Waals surface area contributed by atoms with Gasteiger partial charge in [0.2, 0.25) is 0 Å². The summed E-state index contributed by atoms with van der Waals surface area (Å²) in [5.74, 6) is -1.32. The van der Waals surface area contributed by atoms with Crippen molar-refractivity contribution < 1.29 is 19.1 Å². The minimum absolute atomic E-state index is 0.0419. The number of hydrogen-bond acceptors (Lipinski definition) is 2. The zero-order valence-corrected chi connectivity index (χ0v) is 11.0. The monoisotopic (exact) mass is 280 g/mol. The quantitative estimate of drug-likeness (QED) is 0.832. The zero-order chi connectivity index (χ0) is 14.5. The van der Waals surface area contributed by atoms with Gasteiger partial charge in [-0.3, -0.25) is 4.79 Å². The van der Waals surface area contributed by atoms with Gasteiger partial charge in [-0.05, 0) is 37.0 Å². The Morgan fingerprint density at radius 1 is 1.40 bits per heavy atom. The van der Waals surface area contributed by atoms with Crippen molar-refractivity contribution in [2.45, 2.75) is 25.3 Å². The van der Waals surface area contributed by atoms with E-state index in [0.717, 1.165) is 18.4 Å². The molecule has 0 unspecified atom stereocenters. The van der Waals surface area contributed by atoms with Crippen LogP contribution in [0.1, 0.15) is 18.4 Å². The van der Waals surface area contributed by atoms with E-state index in [1.54, 1.807) is 12.1 Å². The Kier molecular flexibility index (Phi) is 4.55. The van der Waals surface area contributed by atoms with Gasteiger partial charge in [0.25, 0.3) is 0 Å². The van der Waals surface area contributed by atoms with E-state index in [2.05, 4.69) is 5.32 Å². The number of urea groups is 1. The average molecular weight is 280 g/mol. The number of benzene rings is 1. The summed E-state index contributed by atoms with van der Waals surface area (Å²) in [6, 6.07) is 5.86. The fourth-order valence-corrected chi connectivity index (χ4v) is 2.01. The number of amides is 2. The lowest BCUT2D eigenvalue weighted by molar-refractivity contribution is -0.137. The third-order valence-electron chi connectivity index (χ3n) is 3.13. The lowest BCUT2D eigenvalue weighted by atomic mass is 10.1. The fourth-order valence-electron chi connectivity index (χ4n) is 2.01. The van der Waals surface area contributed by atoms with Crippen LogP contribution in [-0.2, 0) is 11.2 Å². The van der Waals surface area contributed by atoms with Crippen LogP contribution in [0.15, 0.2) is 24.3 Å². The minimum atomic E-state index is -1.02. The highest BCUT2D eigenvalue weighted by Gasteiger charge is 2.33. The van der Waals surface area contributed by atoms with Gasteiger partial charge < -0.3 is 15.3 Å². The van der Waals surface area contributed by atoms with Gasteiger partial charge in [-0.15, -0.1) is 0 Å². The molecule has 0 heterocycles. The van der Waals surface area contributed by atoms with Crippen LogP contribution in [0, 0.1) is 5.82 Å². The molecule has 0 atom stereocenters. The van der Waals surface area contributed by atoms with Gasteiger partial charge in [0.1, 0.15) is 12.4 Å². The summed E-state index contributed by atoms with van der Waals surface area (Å²) in [7, 11) is 0. The van der Waals surface area contributed by atoms with Gasteiger partial charge in [-0.25, -0.2) is 9.18 Å². The molecule has 0 radical (unpaired) electrons. The molecule has 1 saturated carbocycles. The molecule has 1 aliphatic rings. The largest absolute Gasteiger partial charge is 0.480 e. The van der Waals surface area contributed by atoms with Gasteiger partial charge in [-0.2, -0.15) is 0 Å². The summed E-state index contributed by atoms with van der Waals surface area (Å²) in [5, 5.41) is 11.5. The number of nitrogens with zero attached hydrogens (tertiary/aromatic N) is 1. The summed E-state index contributed by atoms with van der Waals surface area (Å²) < 4.78 is 13.0. The highest BCUT2D eigenvalue weighted by atomic mass is 19.1. The number of carbonyl (C=O) groups excluding carboxylic acids is 1. The standard InChI is InChI=1S/C14H17FN2O3/c15-11-3-1-2-10(8-11)6-7-16-14(20)17(9-13(18)19)12-4-5-12/h1-3,8,12H,4-7,9H2,(H,16,20)(H,18,19). The number of carboxylic acids is 1. The highest BCUT2D eigenvalue weighted by molar-refractivity contribution is 5.80. The maximum Gasteiger partial charge on any atom is 0.323 e. The molecule has 1 aromatic carbocycles. The van der Waals surface area contributed by atoms with E-state index in [-0.39, 0.29) is 24.4 Å². The third-order valence-corrected chi connectivity index (χ3v) is 3.13. The molecular weight excluding hydrogens is 263 g/mol. The van der Waals surface area contributed by atoms with E-state index in [4.69, 9.17) is 5.11 Å². The van der Waals surface area contributed by atoms with Crippen molar-refractivity contribution >= 4 is 12.0 Å². The molecular formula is C14H17FN2O3. The summed E-state index contributed by atoms with van der Waals surface area (Å²) in [4.78, 5) is 24.0. The number of carboxylic acid groups (broad SMARTS) is 1. The second-order valence-electron chi connectivity index (χ2n) is 4.86. The predicted octanol–water partition coefficient (Wildman–Crippen LogP) is 1.63. The average Bonchev–Trinajstić information content (AvgIpc) is 3.20. The lowest BCUT2D eigenvalue weighted by Gasteiger charge is -2.20. The topological polar surface area (TPSA) is 69.6 Å². The maximum absolute atomic E-state index is 13.0. The van der Waals surface area contributed by atoms with E-state index in [0.29, 0.717) is 13.0 Å². The first-order valence-electron chi connectivity index (χ1n) is 6.57. The second kappa shape index (κ2) is 6.36. The van der Waals surface area contributed by atoms with Crippen LogP contribution in [0.5, 0.6) is 0 Å². The Balaban J connectivity index is 1.80. The van der Waals surface area contributed by atoms with Crippen LogP contribution in [0.3, 0.4) is 0 Å². The van der Waals surface area contributed by atoms with Crippen molar-refractivity contribution in [2.75, 3.05) is 13.1 Å². The van der Waals surface area contributed by atoms with Crippen LogP contribution < -0.4 is 5.32 Å². The third kappa shape index (κ3) is 4.22. The van der Waals surface area contributed by atoms with Gasteiger partial charge >= 0.3 is 12.0 Å². The molecule has 108 valence electrons. The summed E-state index contributed by atoms with van der Waals surface area (Å²) >= 11 is 0. The number of rotatable bonds is 6. The molecule has 0 spiro atoms. The Bertz CT molecular complexity index is 503. The Morgan fingerprint density at radius 3 is 2.75 bits per heavy atom. The molecule has 0 bridgehead atoms. The van der Waals surface area contributed by atoms with E-state index < -0.39 is 5.97 Å². The van der Waals surface area contributed by atoms with Crippen molar-refractivity contribution in [1.29, 1.82) is 0 Å². The number of hydrogen-bond donors (Lipinski definition) is 2. The van der Waals surface area contributed by atoms with Crippen molar-refractivity contribution in [2.24, 2.45) is 0 Å². The predicted molar refractivity (Wildman–Crippen MR) is 70.9 cm³/mol. The van der Waals surface area contributed by atoms with Crippen LogP contribution in [0.4, 0.5) is 9.18 Å². The van der Waals surface area contributed by atoms with Crippen LogP contribution in [0.2, 0.25) is 0 Å². The highest BCUT2D eigenvalue weighted by Crippen LogP contribution is 2.26. The smallest absolute Gasteiger partial charge is 0.323 e.